The van der Waals surface area contributed by atoms with Crippen molar-refractivity contribution in [3.63, 3.8) is 0 Å². The Balaban J connectivity index is 1.85. The monoisotopic (exact) mass is 390 g/mol. The Labute approximate surface area is 156 Å². The van der Waals surface area contributed by atoms with Crippen LogP contribution in [0.5, 0.6) is 0 Å². The highest BCUT2D eigenvalue weighted by Crippen LogP contribution is 2.36. The van der Waals surface area contributed by atoms with Crippen LogP contribution in [0.1, 0.15) is 5.76 Å². The summed E-state index contributed by atoms with van der Waals surface area (Å²) in [6, 6.07) is 6.88. The van der Waals surface area contributed by atoms with E-state index in [4.69, 9.17) is 27.6 Å². The van der Waals surface area contributed by atoms with E-state index in [9.17, 15) is 9.59 Å². The number of nitrogens with one attached hydrogen (secondary N) is 1. The minimum Gasteiger partial charge on any atom is -0.456 e. The largest absolute Gasteiger partial charge is 0.456 e. The number of aromatic nitrogens is 1. The van der Waals surface area contributed by atoms with Gasteiger partial charge in [0.2, 0.25) is 0 Å². The number of nitrogens with zero attached hydrogens (tertiary/aromatic N) is 1. The molecule has 1 N–H and O–H groups in total. The molecule has 3 aromatic rings. The van der Waals surface area contributed by atoms with E-state index >= 15 is 0 Å². The third-order valence-electron chi connectivity index (χ3n) is 3.58. The van der Waals surface area contributed by atoms with E-state index in [1.165, 1.54) is 6.08 Å². The highest BCUT2D eigenvalue weighted by molar-refractivity contribution is 8.18. The van der Waals surface area contributed by atoms with Crippen molar-refractivity contribution in [1.29, 1.82) is 0 Å². The van der Waals surface area contributed by atoms with Crippen LogP contribution in [0.25, 0.3) is 28.2 Å². The molecule has 0 radical (unpaired) electrons. The lowest BCUT2D eigenvalue weighted by molar-refractivity contribution is -0.115. The molecule has 1 aliphatic rings. The van der Waals surface area contributed by atoms with E-state index in [-0.39, 0.29) is 4.91 Å². The summed E-state index contributed by atoms with van der Waals surface area (Å²) in [5.41, 5.74) is 1.96. The van der Waals surface area contributed by atoms with Crippen molar-refractivity contribution < 1.29 is 14.0 Å². The fourth-order valence-electron chi connectivity index (χ4n) is 2.50. The summed E-state index contributed by atoms with van der Waals surface area (Å²) in [6.07, 6.45) is 4.81. The lowest BCUT2D eigenvalue weighted by Crippen LogP contribution is -2.17. The van der Waals surface area contributed by atoms with Crippen LogP contribution in [0.2, 0.25) is 10.0 Å². The van der Waals surface area contributed by atoms with Crippen LogP contribution >= 0.6 is 35.0 Å². The second-order valence-corrected chi connectivity index (χ2v) is 7.09. The molecule has 1 aliphatic heterocycles. The van der Waals surface area contributed by atoms with E-state index in [2.05, 4.69) is 10.3 Å². The van der Waals surface area contributed by atoms with Gasteiger partial charge in [0.15, 0.2) is 0 Å². The normalized spacial score (nSPS) is 16.0. The van der Waals surface area contributed by atoms with E-state index in [0.29, 0.717) is 32.5 Å². The molecule has 4 rings (SSSR count). The first-order chi connectivity index (χ1) is 12.0. The van der Waals surface area contributed by atoms with E-state index in [1.807, 2.05) is 0 Å². The summed E-state index contributed by atoms with van der Waals surface area (Å²) in [5, 5.41) is 3.61. The number of carbonyl (C=O) groups excluding carboxylic acids is 2. The molecular formula is C17H8Cl2N2O3S. The van der Waals surface area contributed by atoms with Crippen LogP contribution in [0.15, 0.2) is 46.0 Å². The standard InChI is InChI=1S/C17H8Cl2N2O3S/c18-9-1-2-13(19)11(4-9)12-7-20-6-8-3-10(24-15(8)12)5-14-16(22)21-17(23)25-14/h1-7H,(H,21,22,23)/b14-5-. The van der Waals surface area contributed by atoms with E-state index in [0.717, 1.165) is 17.1 Å². The fraction of sp³-hybridized carbons (Fsp3) is 0. The molecule has 0 spiro atoms. The molecule has 0 bridgehead atoms. The van der Waals surface area contributed by atoms with Crippen molar-refractivity contribution in [3.8, 4) is 11.1 Å². The van der Waals surface area contributed by atoms with Crippen molar-refractivity contribution in [2.24, 2.45) is 0 Å². The van der Waals surface area contributed by atoms with Gasteiger partial charge in [0, 0.05) is 45.0 Å². The molecule has 1 saturated heterocycles. The Bertz CT molecular complexity index is 1070. The predicted octanol–water partition coefficient (Wildman–Crippen LogP) is 5.13. The van der Waals surface area contributed by atoms with Crippen LogP contribution in [0.3, 0.4) is 0 Å². The van der Waals surface area contributed by atoms with E-state index in [1.54, 1.807) is 36.7 Å². The zero-order valence-corrected chi connectivity index (χ0v) is 14.7. The Morgan fingerprint density at radius 2 is 1.96 bits per heavy atom. The number of carbonyl (C=O) groups is 2. The number of furan rings is 1. The summed E-state index contributed by atoms with van der Waals surface area (Å²) in [5.74, 6) is 0.00133. The summed E-state index contributed by atoms with van der Waals surface area (Å²) in [4.78, 5) is 27.4. The average molecular weight is 391 g/mol. The number of hydrogen-bond donors (Lipinski definition) is 1. The van der Waals surface area contributed by atoms with Crippen LogP contribution in [0, 0.1) is 0 Å². The number of halogens is 2. The third kappa shape index (κ3) is 3.04. The number of pyridine rings is 1. The second kappa shape index (κ2) is 6.22. The highest BCUT2D eigenvalue weighted by atomic mass is 35.5. The summed E-state index contributed by atoms with van der Waals surface area (Å²) in [7, 11) is 0. The smallest absolute Gasteiger partial charge is 0.290 e. The fourth-order valence-corrected chi connectivity index (χ4v) is 3.55. The highest BCUT2D eigenvalue weighted by Gasteiger charge is 2.25. The van der Waals surface area contributed by atoms with Gasteiger partial charge in [-0.2, -0.15) is 0 Å². The SMILES string of the molecule is O=C1NC(=O)/C(=C/c2cc3cncc(-c4cc(Cl)ccc4Cl)c3o2)S1. The van der Waals surface area contributed by atoms with Crippen molar-refractivity contribution in [3.05, 3.63) is 57.4 Å². The van der Waals surface area contributed by atoms with Gasteiger partial charge in [0.05, 0.1) is 4.91 Å². The molecule has 5 nitrogen and oxygen atoms in total. The average Bonchev–Trinajstić information content (AvgIpc) is 3.12. The molecule has 0 aliphatic carbocycles. The van der Waals surface area contributed by atoms with Crippen molar-refractivity contribution in [1.82, 2.24) is 10.3 Å². The quantitative estimate of drug-likeness (QED) is 0.614. The number of thioether (sulfide) groups is 1. The van der Waals surface area contributed by atoms with Crippen LogP contribution in [-0.4, -0.2) is 16.1 Å². The predicted molar refractivity (Wildman–Crippen MR) is 98.6 cm³/mol. The van der Waals surface area contributed by atoms with Gasteiger partial charge in [0.1, 0.15) is 11.3 Å². The van der Waals surface area contributed by atoms with Crippen LogP contribution in [-0.2, 0) is 4.79 Å². The van der Waals surface area contributed by atoms with Crippen molar-refractivity contribution >= 4 is 63.2 Å². The Morgan fingerprint density at radius 3 is 2.72 bits per heavy atom. The molecule has 1 fully saturated rings. The topological polar surface area (TPSA) is 72.2 Å². The maximum absolute atomic E-state index is 11.7. The molecule has 25 heavy (non-hydrogen) atoms. The van der Waals surface area contributed by atoms with Crippen molar-refractivity contribution in [2.45, 2.75) is 0 Å². The van der Waals surface area contributed by atoms with Crippen LogP contribution in [0.4, 0.5) is 4.79 Å². The zero-order valence-electron chi connectivity index (χ0n) is 12.4. The van der Waals surface area contributed by atoms with Gasteiger partial charge < -0.3 is 4.42 Å². The molecule has 2 aromatic heterocycles. The van der Waals surface area contributed by atoms with Gasteiger partial charge in [-0.1, -0.05) is 23.2 Å². The Hall–Kier alpha value is -2.28. The molecule has 8 heteroatoms. The third-order valence-corrected chi connectivity index (χ3v) is 4.95. The minimum atomic E-state index is -0.438. The van der Waals surface area contributed by atoms with Gasteiger partial charge in [-0.15, -0.1) is 0 Å². The summed E-state index contributed by atoms with van der Waals surface area (Å²) < 4.78 is 5.87. The molecule has 0 saturated carbocycles. The molecule has 0 unspecified atom stereocenters. The molecule has 2 amide bonds. The lowest BCUT2D eigenvalue weighted by Gasteiger charge is -2.05. The minimum absolute atomic E-state index is 0.277. The lowest BCUT2D eigenvalue weighted by atomic mass is 10.1. The van der Waals surface area contributed by atoms with Gasteiger partial charge in [-0.05, 0) is 36.0 Å². The van der Waals surface area contributed by atoms with Gasteiger partial charge in [0.25, 0.3) is 11.1 Å². The maximum atomic E-state index is 11.7. The summed E-state index contributed by atoms with van der Waals surface area (Å²) in [6.45, 7) is 0. The van der Waals surface area contributed by atoms with Crippen molar-refractivity contribution in [2.75, 3.05) is 0 Å². The molecule has 1 aromatic carbocycles. The van der Waals surface area contributed by atoms with Gasteiger partial charge in [-0.3, -0.25) is 19.9 Å². The number of fused-ring (bicyclic) bond motifs is 1. The molecule has 0 atom stereocenters. The van der Waals surface area contributed by atoms with E-state index < -0.39 is 11.1 Å². The Morgan fingerprint density at radius 1 is 1.12 bits per heavy atom. The molecule has 124 valence electrons. The zero-order chi connectivity index (χ0) is 17.6. The number of amides is 2. The first kappa shape index (κ1) is 16.2. The first-order valence-corrected chi connectivity index (χ1v) is 8.66. The van der Waals surface area contributed by atoms with Crippen LogP contribution < -0.4 is 5.32 Å². The number of rotatable bonds is 2. The number of hydrogen-bond acceptors (Lipinski definition) is 5. The number of benzene rings is 1. The second-order valence-electron chi connectivity index (χ2n) is 5.23. The maximum Gasteiger partial charge on any atom is 0.290 e. The number of imide groups is 1. The summed E-state index contributed by atoms with van der Waals surface area (Å²) >= 11 is 13.2. The molecule has 3 heterocycles. The van der Waals surface area contributed by atoms with Gasteiger partial charge >= 0.3 is 0 Å². The molecular weight excluding hydrogens is 383 g/mol. The first-order valence-electron chi connectivity index (χ1n) is 7.09. The Kier molecular flexibility index (Phi) is 4.03. The van der Waals surface area contributed by atoms with Gasteiger partial charge in [-0.25, -0.2) is 0 Å².